The van der Waals surface area contributed by atoms with Gasteiger partial charge in [-0.15, -0.1) is 0 Å². The molecule has 12 nitrogen and oxygen atoms in total. The fourth-order valence-corrected chi connectivity index (χ4v) is 4.93. The van der Waals surface area contributed by atoms with Gasteiger partial charge in [0.15, 0.2) is 0 Å². The number of carbonyl (C=O) groups excluding carboxylic acids is 3. The summed E-state index contributed by atoms with van der Waals surface area (Å²) in [5.41, 5.74) is -7.02. The third kappa shape index (κ3) is 9.68. The van der Waals surface area contributed by atoms with Crippen LogP contribution in [0.5, 0.6) is 0 Å². The Morgan fingerprint density at radius 3 is 1.98 bits per heavy atom. The number of Topliss-reactive ketones (excluding diaryl/α,β-unsaturated/α-hetero) is 1. The molecule has 0 aliphatic rings. The number of nitrogens with one attached hydrogen (secondary N) is 3. The predicted octanol–water partition coefficient (Wildman–Crippen LogP) is 4.78. The molecule has 1 aromatic heterocycles. The molecule has 4 aromatic rings. The maximum Gasteiger partial charge on any atom is 0.516 e. The number of rotatable bonds is 12. The monoisotopic (exact) mass is 725 g/mol. The van der Waals surface area contributed by atoms with E-state index in [4.69, 9.17) is 4.74 Å². The van der Waals surface area contributed by atoms with Gasteiger partial charge in [-0.3, -0.25) is 29.0 Å². The zero-order valence-corrected chi connectivity index (χ0v) is 26.1. The fraction of sp³-hybridized carbons (Fsp3) is 0.194. The van der Waals surface area contributed by atoms with Gasteiger partial charge in [-0.2, -0.15) is 34.8 Å². The Morgan fingerprint density at radius 1 is 0.840 bits per heavy atom. The number of amides is 2. The second-order valence-electron chi connectivity index (χ2n) is 10.4. The fourth-order valence-electron chi connectivity index (χ4n) is 4.36. The van der Waals surface area contributed by atoms with Crippen molar-refractivity contribution in [2.75, 3.05) is 10.0 Å². The molecule has 3 N–H and O–H groups in total. The molecule has 4 rings (SSSR count). The molecule has 0 aliphatic heterocycles. The standard InChI is InChI=1S/C31H25F6N5O7S/c32-30(33,34)26(44)23(15-19-7-3-1-4-8-19)39-25(43)17-42-27(21-11-13-22(14-12-21)41-50(47,48)31(35,36)37)38-16-24(28(42)45)40-29(46)49-18-20-9-5-2-6-10-20/h1-14,16,23,41H,15,17-18H2,(H,39,43)(H,40,46). The van der Waals surface area contributed by atoms with Crippen LogP contribution in [0.3, 0.4) is 0 Å². The van der Waals surface area contributed by atoms with Crippen molar-refractivity contribution in [3.05, 3.63) is 113 Å². The van der Waals surface area contributed by atoms with Crippen LogP contribution in [0.4, 0.5) is 42.5 Å². The second kappa shape index (κ2) is 15.2. The first-order valence-electron chi connectivity index (χ1n) is 14.2. The summed E-state index contributed by atoms with van der Waals surface area (Å²) in [5.74, 6) is -3.90. The molecule has 1 heterocycles. The van der Waals surface area contributed by atoms with Crippen molar-refractivity contribution in [1.29, 1.82) is 0 Å². The number of sulfonamides is 1. The third-order valence-corrected chi connectivity index (χ3v) is 7.83. The highest BCUT2D eigenvalue weighted by molar-refractivity contribution is 7.93. The number of hydrogen-bond donors (Lipinski definition) is 3. The summed E-state index contributed by atoms with van der Waals surface area (Å²) in [6.45, 7) is -1.26. The quantitative estimate of drug-likeness (QED) is 0.176. The number of ketones is 1. The van der Waals surface area contributed by atoms with E-state index < -0.39 is 75.4 Å². The number of ether oxygens (including phenoxy) is 1. The summed E-state index contributed by atoms with van der Waals surface area (Å²) in [4.78, 5) is 55.5. The molecule has 0 saturated carbocycles. The Balaban J connectivity index is 1.66. The first-order chi connectivity index (χ1) is 23.4. The molecule has 0 saturated heterocycles. The lowest BCUT2D eigenvalue weighted by Gasteiger charge is -2.20. The first-order valence-corrected chi connectivity index (χ1v) is 15.6. The van der Waals surface area contributed by atoms with E-state index in [1.54, 1.807) is 36.4 Å². The average molecular weight is 726 g/mol. The molecule has 0 aliphatic carbocycles. The Kier molecular flexibility index (Phi) is 11.3. The van der Waals surface area contributed by atoms with Gasteiger partial charge in [0.25, 0.3) is 11.3 Å². The van der Waals surface area contributed by atoms with Gasteiger partial charge in [-0.25, -0.2) is 9.78 Å². The van der Waals surface area contributed by atoms with E-state index in [1.807, 2.05) is 5.32 Å². The van der Waals surface area contributed by atoms with Gasteiger partial charge in [0.2, 0.25) is 5.91 Å². The van der Waals surface area contributed by atoms with Crippen molar-refractivity contribution in [2.45, 2.75) is 37.3 Å². The van der Waals surface area contributed by atoms with E-state index in [0.29, 0.717) is 10.1 Å². The van der Waals surface area contributed by atoms with Gasteiger partial charge >= 0.3 is 27.8 Å². The Morgan fingerprint density at radius 2 is 1.42 bits per heavy atom. The Labute approximate surface area is 279 Å². The number of hydrogen-bond acceptors (Lipinski definition) is 8. The number of anilines is 2. The smallest absolute Gasteiger partial charge is 0.444 e. The predicted molar refractivity (Wildman–Crippen MR) is 166 cm³/mol. The SMILES string of the molecule is O=C(Cn1c(-c2ccc(NS(=O)(=O)C(F)(F)F)cc2)ncc(NC(=O)OCc2ccccc2)c1=O)NC(Cc1ccccc1)C(=O)C(F)(F)F. The number of benzene rings is 3. The van der Waals surface area contributed by atoms with Crippen molar-refractivity contribution in [1.82, 2.24) is 14.9 Å². The molecule has 2 amide bonds. The van der Waals surface area contributed by atoms with Crippen LogP contribution in [-0.2, 0) is 43.9 Å². The van der Waals surface area contributed by atoms with Crippen LogP contribution in [-0.4, -0.2) is 53.5 Å². The van der Waals surface area contributed by atoms with Gasteiger partial charge in [-0.05, 0) is 35.4 Å². The summed E-state index contributed by atoms with van der Waals surface area (Å²) in [6, 6.07) is 17.6. The Bertz CT molecular complexity index is 2010. The first kappa shape index (κ1) is 37.1. The number of halogens is 6. The Hall–Kier alpha value is -5.72. The summed E-state index contributed by atoms with van der Waals surface area (Å²) in [5, 5.41) is 4.14. The van der Waals surface area contributed by atoms with E-state index in [-0.39, 0.29) is 23.6 Å². The lowest BCUT2D eigenvalue weighted by molar-refractivity contribution is -0.173. The van der Waals surface area contributed by atoms with Crippen LogP contribution in [0.1, 0.15) is 11.1 Å². The van der Waals surface area contributed by atoms with Crippen LogP contribution in [0.15, 0.2) is 95.9 Å². The highest BCUT2D eigenvalue weighted by Gasteiger charge is 2.46. The zero-order valence-electron chi connectivity index (χ0n) is 25.3. The van der Waals surface area contributed by atoms with E-state index in [1.165, 1.54) is 29.0 Å². The van der Waals surface area contributed by atoms with E-state index in [2.05, 4.69) is 10.3 Å². The van der Waals surface area contributed by atoms with Gasteiger partial charge in [-0.1, -0.05) is 60.7 Å². The van der Waals surface area contributed by atoms with Gasteiger partial charge < -0.3 is 10.1 Å². The lowest BCUT2D eigenvalue weighted by Crippen LogP contribution is -2.49. The zero-order chi connectivity index (χ0) is 36.7. The highest BCUT2D eigenvalue weighted by atomic mass is 32.2. The normalized spacial score (nSPS) is 12.4. The second-order valence-corrected chi connectivity index (χ2v) is 12.0. The molecule has 3 aromatic carbocycles. The average Bonchev–Trinajstić information content (AvgIpc) is 3.05. The molecule has 50 heavy (non-hydrogen) atoms. The van der Waals surface area contributed by atoms with Crippen LogP contribution in [0.2, 0.25) is 0 Å². The van der Waals surface area contributed by atoms with E-state index >= 15 is 0 Å². The van der Waals surface area contributed by atoms with Crippen molar-refractivity contribution in [3.8, 4) is 11.4 Å². The number of alkyl halides is 6. The molecule has 1 atom stereocenters. The topological polar surface area (TPSA) is 166 Å². The summed E-state index contributed by atoms with van der Waals surface area (Å²) in [7, 11) is -5.78. The minimum Gasteiger partial charge on any atom is -0.444 e. The van der Waals surface area contributed by atoms with Crippen molar-refractivity contribution >= 4 is 39.2 Å². The molecule has 0 radical (unpaired) electrons. The van der Waals surface area contributed by atoms with Crippen LogP contribution < -0.4 is 20.9 Å². The summed E-state index contributed by atoms with van der Waals surface area (Å²) < 4.78 is 109. The molecule has 0 bridgehead atoms. The van der Waals surface area contributed by atoms with Crippen molar-refractivity contribution < 1.29 is 53.9 Å². The van der Waals surface area contributed by atoms with Gasteiger partial charge in [0.1, 0.15) is 30.7 Å². The van der Waals surface area contributed by atoms with Crippen molar-refractivity contribution in [3.63, 3.8) is 0 Å². The molecule has 1 unspecified atom stereocenters. The highest BCUT2D eigenvalue weighted by Crippen LogP contribution is 2.27. The van der Waals surface area contributed by atoms with Crippen LogP contribution in [0.25, 0.3) is 11.4 Å². The summed E-state index contributed by atoms with van der Waals surface area (Å²) in [6.07, 6.45) is -6.15. The molecule has 264 valence electrons. The van der Waals surface area contributed by atoms with Crippen LogP contribution in [0, 0.1) is 0 Å². The maximum absolute atomic E-state index is 13.6. The molecule has 0 spiro atoms. The number of carbonyl (C=O) groups is 3. The largest absolute Gasteiger partial charge is 0.516 e. The number of aromatic nitrogens is 2. The van der Waals surface area contributed by atoms with E-state index in [0.717, 1.165) is 30.5 Å². The molecule has 0 fully saturated rings. The van der Waals surface area contributed by atoms with E-state index in [9.17, 15) is 53.9 Å². The van der Waals surface area contributed by atoms with Crippen LogP contribution >= 0.6 is 0 Å². The van der Waals surface area contributed by atoms with Crippen molar-refractivity contribution in [2.24, 2.45) is 0 Å². The third-order valence-electron chi connectivity index (χ3n) is 6.71. The molecular weight excluding hydrogens is 700 g/mol. The van der Waals surface area contributed by atoms with Gasteiger partial charge in [0, 0.05) is 17.7 Å². The van der Waals surface area contributed by atoms with Gasteiger partial charge in [0.05, 0.1) is 6.20 Å². The molecule has 19 heteroatoms. The minimum atomic E-state index is -5.78. The lowest BCUT2D eigenvalue weighted by atomic mass is 10.0. The maximum atomic E-state index is 13.6. The minimum absolute atomic E-state index is 0.0738. The molecular formula is C31H25F6N5O7S. The number of nitrogens with zero attached hydrogens (tertiary/aromatic N) is 2. The summed E-state index contributed by atoms with van der Waals surface area (Å²) >= 11 is 0.